The fraction of sp³-hybridized carbons (Fsp3) is 0.600. The second kappa shape index (κ2) is 2.64. The Balaban J connectivity index is 2.85. The highest BCUT2D eigenvalue weighted by Gasteiger charge is 1.98. The van der Waals surface area contributed by atoms with Crippen LogP contribution in [0.15, 0.2) is 6.33 Å². The van der Waals surface area contributed by atoms with E-state index in [2.05, 4.69) is 46.5 Å². The van der Waals surface area contributed by atoms with Crippen molar-refractivity contribution in [2.24, 2.45) is 0 Å². The molecule has 1 rings (SSSR count). The first-order chi connectivity index (χ1) is 4.20. The van der Waals surface area contributed by atoms with E-state index >= 15 is 0 Å². The first kappa shape index (κ1) is 6.98. The predicted octanol–water partition coefficient (Wildman–Crippen LogP) is 1.46. The summed E-state index contributed by atoms with van der Waals surface area (Å²) in [5.74, 6) is 0. The summed E-state index contributed by atoms with van der Waals surface area (Å²) in [6, 6.07) is 0.418. The molecule has 1 aromatic rings. The maximum Gasteiger partial charge on any atom is 0.211 e. The lowest BCUT2D eigenvalue weighted by Gasteiger charge is -2.00. The molecule has 0 atom stereocenters. The lowest BCUT2D eigenvalue weighted by atomic mass is 10.4. The Morgan fingerprint density at radius 3 is 2.56 bits per heavy atom. The predicted molar refractivity (Wildman–Crippen MR) is 43.1 cm³/mol. The summed E-state index contributed by atoms with van der Waals surface area (Å²) in [4.78, 5) is 3.98. The summed E-state index contributed by atoms with van der Waals surface area (Å²) in [5, 5.41) is 4.10. The Labute approximate surface area is 67.6 Å². The van der Waals surface area contributed by atoms with Crippen LogP contribution in [0.25, 0.3) is 0 Å². The van der Waals surface area contributed by atoms with Gasteiger partial charge in [-0.05, 0) is 13.8 Å². The van der Waals surface area contributed by atoms with Crippen LogP contribution in [0.2, 0.25) is 0 Å². The highest BCUT2D eigenvalue weighted by molar-refractivity contribution is 14.1. The number of aromatic nitrogens is 3. The molecule has 0 unspecified atom stereocenters. The largest absolute Gasteiger partial charge is 0.249 e. The summed E-state index contributed by atoms with van der Waals surface area (Å²) in [6.45, 7) is 4.15. The van der Waals surface area contributed by atoms with Gasteiger partial charge in [-0.1, -0.05) is 0 Å². The van der Waals surface area contributed by atoms with Gasteiger partial charge in [-0.25, -0.2) is 9.67 Å². The van der Waals surface area contributed by atoms with Crippen molar-refractivity contribution in [2.45, 2.75) is 19.9 Å². The topological polar surface area (TPSA) is 30.7 Å². The third-order valence-corrected chi connectivity index (χ3v) is 1.50. The van der Waals surface area contributed by atoms with Gasteiger partial charge in [0, 0.05) is 28.6 Å². The van der Waals surface area contributed by atoms with Crippen LogP contribution in [0.4, 0.5) is 0 Å². The minimum atomic E-state index is 0.418. The molecule has 4 heteroatoms. The molecular formula is C5H8IN3. The fourth-order valence-corrected chi connectivity index (χ4v) is 0.876. The average molecular weight is 237 g/mol. The number of hydrogen-bond donors (Lipinski definition) is 0. The van der Waals surface area contributed by atoms with E-state index in [1.54, 1.807) is 6.33 Å². The van der Waals surface area contributed by atoms with Gasteiger partial charge in [-0.2, -0.15) is 0 Å². The van der Waals surface area contributed by atoms with E-state index in [0.717, 1.165) is 3.83 Å². The van der Waals surface area contributed by atoms with Crippen LogP contribution in [0, 0.1) is 3.83 Å². The molecule has 0 radical (unpaired) electrons. The molecule has 1 heterocycles. The maximum atomic E-state index is 4.10. The normalized spacial score (nSPS) is 10.7. The first-order valence-electron chi connectivity index (χ1n) is 2.77. The molecule has 0 aliphatic heterocycles. The smallest absolute Gasteiger partial charge is 0.211 e. The number of halogens is 1. The Morgan fingerprint density at radius 1 is 1.67 bits per heavy atom. The zero-order chi connectivity index (χ0) is 6.85. The van der Waals surface area contributed by atoms with Crippen LogP contribution >= 0.6 is 22.6 Å². The summed E-state index contributed by atoms with van der Waals surface area (Å²) in [7, 11) is 0. The van der Waals surface area contributed by atoms with Crippen LogP contribution < -0.4 is 0 Å². The van der Waals surface area contributed by atoms with Crippen molar-refractivity contribution in [1.82, 2.24) is 14.8 Å². The SMILES string of the molecule is CC(C)n1cnc(I)n1. The molecule has 0 bridgehead atoms. The zero-order valence-electron chi connectivity index (χ0n) is 5.37. The van der Waals surface area contributed by atoms with E-state index in [-0.39, 0.29) is 0 Å². The first-order valence-corrected chi connectivity index (χ1v) is 3.84. The molecule has 3 nitrogen and oxygen atoms in total. The minimum Gasteiger partial charge on any atom is -0.249 e. The quantitative estimate of drug-likeness (QED) is 0.692. The van der Waals surface area contributed by atoms with Crippen molar-refractivity contribution < 1.29 is 0 Å². The molecule has 0 fully saturated rings. The number of hydrogen-bond acceptors (Lipinski definition) is 2. The second-order valence-corrected chi connectivity index (χ2v) is 3.05. The van der Waals surface area contributed by atoms with Crippen LogP contribution in [0.5, 0.6) is 0 Å². The van der Waals surface area contributed by atoms with Crippen LogP contribution in [-0.4, -0.2) is 14.8 Å². The summed E-state index contributed by atoms with van der Waals surface area (Å²) in [6.07, 6.45) is 1.74. The standard InChI is InChI=1S/C5H8IN3/c1-4(2)9-3-7-5(6)8-9/h3-4H,1-2H3. The van der Waals surface area contributed by atoms with Crippen LogP contribution in [0.1, 0.15) is 19.9 Å². The molecule has 0 saturated carbocycles. The van der Waals surface area contributed by atoms with Gasteiger partial charge >= 0.3 is 0 Å². The van der Waals surface area contributed by atoms with Gasteiger partial charge in [0.2, 0.25) is 3.83 Å². The lowest BCUT2D eigenvalue weighted by molar-refractivity contribution is 0.528. The van der Waals surface area contributed by atoms with Crippen LogP contribution in [0.3, 0.4) is 0 Å². The highest BCUT2D eigenvalue weighted by Crippen LogP contribution is 2.01. The van der Waals surface area contributed by atoms with Crippen molar-refractivity contribution in [2.75, 3.05) is 0 Å². The Hall–Kier alpha value is -0.130. The molecule has 0 amide bonds. The monoisotopic (exact) mass is 237 g/mol. The molecular weight excluding hydrogens is 229 g/mol. The zero-order valence-corrected chi connectivity index (χ0v) is 7.53. The van der Waals surface area contributed by atoms with Gasteiger partial charge in [0.05, 0.1) is 0 Å². The van der Waals surface area contributed by atoms with Gasteiger partial charge in [-0.3, -0.25) is 0 Å². The Morgan fingerprint density at radius 2 is 2.33 bits per heavy atom. The lowest BCUT2D eigenvalue weighted by Crippen LogP contribution is -2.00. The Bertz CT molecular complexity index is 194. The molecule has 0 aromatic carbocycles. The van der Waals surface area contributed by atoms with Crippen molar-refractivity contribution in [3.8, 4) is 0 Å². The van der Waals surface area contributed by atoms with E-state index in [1.807, 2.05) is 4.68 Å². The fourth-order valence-electron chi connectivity index (χ4n) is 0.503. The van der Waals surface area contributed by atoms with Crippen LogP contribution in [-0.2, 0) is 0 Å². The van der Waals surface area contributed by atoms with Crippen molar-refractivity contribution in [3.05, 3.63) is 10.2 Å². The summed E-state index contributed by atoms with van der Waals surface area (Å²) >= 11 is 2.09. The van der Waals surface area contributed by atoms with Crippen molar-refractivity contribution in [1.29, 1.82) is 0 Å². The molecule has 1 aromatic heterocycles. The summed E-state index contributed by atoms with van der Waals surface area (Å²) in [5.41, 5.74) is 0. The molecule has 0 spiro atoms. The van der Waals surface area contributed by atoms with E-state index < -0.39 is 0 Å². The molecule has 0 aliphatic rings. The van der Waals surface area contributed by atoms with E-state index in [4.69, 9.17) is 0 Å². The maximum absolute atomic E-state index is 4.10. The van der Waals surface area contributed by atoms with Gasteiger partial charge in [0.25, 0.3) is 0 Å². The molecule has 0 saturated heterocycles. The van der Waals surface area contributed by atoms with Gasteiger partial charge < -0.3 is 0 Å². The highest BCUT2D eigenvalue weighted by atomic mass is 127. The van der Waals surface area contributed by atoms with E-state index in [0.29, 0.717) is 6.04 Å². The molecule has 50 valence electrons. The van der Waals surface area contributed by atoms with Gasteiger partial charge in [0.15, 0.2) is 0 Å². The van der Waals surface area contributed by atoms with Gasteiger partial charge in [0.1, 0.15) is 6.33 Å². The second-order valence-electron chi connectivity index (χ2n) is 2.09. The van der Waals surface area contributed by atoms with E-state index in [1.165, 1.54) is 0 Å². The number of rotatable bonds is 1. The number of nitrogens with zero attached hydrogens (tertiary/aromatic N) is 3. The third kappa shape index (κ3) is 1.64. The molecule has 0 aliphatic carbocycles. The Kier molecular flexibility index (Phi) is 2.05. The minimum absolute atomic E-state index is 0.418. The van der Waals surface area contributed by atoms with E-state index in [9.17, 15) is 0 Å². The van der Waals surface area contributed by atoms with Crippen molar-refractivity contribution >= 4 is 22.6 Å². The third-order valence-electron chi connectivity index (χ3n) is 1.01. The molecule has 0 N–H and O–H groups in total. The average Bonchev–Trinajstić information content (AvgIpc) is 2.14. The molecule has 9 heavy (non-hydrogen) atoms. The van der Waals surface area contributed by atoms with Gasteiger partial charge in [-0.15, -0.1) is 5.10 Å². The van der Waals surface area contributed by atoms with Crippen molar-refractivity contribution in [3.63, 3.8) is 0 Å². The summed E-state index contributed by atoms with van der Waals surface area (Å²) < 4.78 is 2.64.